The van der Waals surface area contributed by atoms with Crippen LogP contribution in [-0.2, 0) is 17.8 Å². The predicted octanol–water partition coefficient (Wildman–Crippen LogP) is 1.60. The van der Waals surface area contributed by atoms with Crippen molar-refractivity contribution in [1.29, 1.82) is 0 Å². The quantitative estimate of drug-likeness (QED) is 0.862. The molecule has 0 fully saturated rings. The van der Waals surface area contributed by atoms with Gasteiger partial charge in [-0.3, -0.25) is 14.7 Å². The van der Waals surface area contributed by atoms with Crippen LogP contribution in [0, 0.1) is 0 Å². The van der Waals surface area contributed by atoms with Crippen molar-refractivity contribution in [2.45, 2.75) is 39.3 Å². The van der Waals surface area contributed by atoms with Gasteiger partial charge in [-0.2, -0.15) is 0 Å². The zero-order valence-electron chi connectivity index (χ0n) is 11.9. The average molecular weight is 249 g/mol. The molecule has 0 aliphatic carbocycles. The Hall–Kier alpha value is -1.42. The molecular formula is C14H23N3O. The second-order valence-electron chi connectivity index (χ2n) is 5.01. The number of likely N-dealkylation sites (N-methyl/N-ethyl adjacent to an activating group) is 2. The number of nitrogens with zero attached hydrogens (tertiary/aromatic N) is 2. The van der Waals surface area contributed by atoms with Gasteiger partial charge in [0.25, 0.3) is 0 Å². The highest BCUT2D eigenvalue weighted by atomic mass is 16.2. The van der Waals surface area contributed by atoms with Gasteiger partial charge in [-0.25, -0.2) is 0 Å². The monoisotopic (exact) mass is 249 g/mol. The molecule has 0 atom stereocenters. The minimum absolute atomic E-state index is 0.00942. The minimum atomic E-state index is -0.542. The molecule has 0 spiro atoms. The molecule has 1 aromatic rings. The van der Waals surface area contributed by atoms with E-state index >= 15 is 0 Å². The zero-order valence-corrected chi connectivity index (χ0v) is 11.9. The fourth-order valence-electron chi connectivity index (χ4n) is 1.68. The average Bonchev–Trinajstić information content (AvgIpc) is 2.38. The van der Waals surface area contributed by atoms with Crippen molar-refractivity contribution in [2.24, 2.45) is 0 Å². The van der Waals surface area contributed by atoms with Gasteiger partial charge in [0.1, 0.15) is 0 Å². The van der Waals surface area contributed by atoms with E-state index in [0.717, 1.165) is 12.1 Å². The lowest BCUT2D eigenvalue weighted by Gasteiger charge is -2.33. The number of rotatable bonds is 5. The highest BCUT2D eigenvalue weighted by Crippen LogP contribution is 2.15. The maximum absolute atomic E-state index is 11.8. The smallest absolute Gasteiger partial charge is 0.239 e. The van der Waals surface area contributed by atoms with Gasteiger partial charge >= 0.3 is 0 Å². The minimum Gasteiger partial charge on any atom is -0.358 e. The number of amides is 1. The third-order valence-corrected chi connectivity index (χ3v) is 3.43. The molecule has 4 heteroatoms. The van der Waals surface area contributed by atoms with Crippen molar-refractivity contribution >= 4 is 5.91 Å². The topological polar surface area (TPSA) is 45.2 Å². The summed E-state index contributed by atoms with van der Waals surface area (Å²) in [6.45, 7) is 6.58. The summed E-state index contributed by atoms with van der Waals surface area (Å²) in [5.74, 6) is 0.00942. The molecule has 0 saturated carbocycles. The van der Waals surface area contributed by atoms with E-state index in [9.17, 15) is 4.79 Å². The molecule has 100 valence electrons. The molecule has 0 radical (unpaired) electrons. The van der Waals surface area contributed by atoms with Crippen LogP contribution in [0.3, 0.4) is 0 Å². The van der Waals surface area contributed by atoms with Crippen LogP contribution in [0.1, 0.15) is 32.0 Å². The van der Waals surface area contributed by atoms with Crippen molar-refractivity contribution in [2.75, 3.05) is 14.1 Å². The first-order valence-corrected chi connectivity index (χ1v) is 6.29. The summed E-state index contributed by atoms with van der Waals surface area (Å²) in [6, 6.07) is 4.11. The van der Waals surface area contributed by atoms with Crippen molar-refractivity contribution in [3.05, 3.63) is 29.6 Å². The third kappa shape index (κ3) is 3.29. The SMILES string of the molecule is CCc1ccc(CN(C)C(C)(C)C(=O)NC)nc1. The summed E-state index contributed by atoms with van der Waals surface area (Å²) < 4.78 is 0. The summed E-state index contributed by atoms with van der Waals surface area (Å²) in [5, 5.41) is 2.69. The number of nitrogens with one attached hydrogen (secondary N) is 1. The lowest BCUT2D eigenvalue weighted by molar-refractivity contribution is -0.130. The first kappa shape index (κ1) is 14.6. The fourth-order valence-corrected chi connectivity index (χ4v) is 1.68. The van der Waals surface area contributed by atoms with Crippen LogP contribution in [0.4, 0.5) is 0 Å². The molecule has 1 heterocycles. The number of carbonyl (C=O) groups excluding carboxylic acids is 1. The summed E-state index contributed by atoms with van der Waals surface area (Å²) in [6.07, 6.45) is 2.89. The summed E-state index contributed by atoms with van der Waals surface area (Å²) in [4.78, 5) is 18.2. The Balaban J connectivity index is 2.74. The molecule has 0 bridgehead atoms. The molecule has 1 rings (SSSR count). The normalized spacial score (nSPS) is 11.7. The second-order valence-corrected chi connectivity index (χ2v) is 5.01. The van der Waals surface area contributed by atoms with Crippen LogP contribution in [-0.4, -0.2) is 35.4 Å². The first-order valence-electron chi connectivity index (χ1n) is 6.29. The van der Waals surface area contributed by atoms with E-state index in [2.05, 4.69) is 23.3 Å². The number of aromatic nitrogens is 1. The van der Waals surface area contributed by atoms with Gasteiger partial charge in [-0.1, -0.05) is 13.0 Å². The van der Waals surface area contributed by atoms with E-state index in [1.165, 1.54) is 5.56 Å². The molecule has 0 aromatic carbocycles. The van der Waals surface area contributed by atoms with Gasteiger partial charge in [0.2, 0.25) is 5.91 Å². The number of carbonyl (C=O) groups is 1. The van der Waals surface area contributed by atoms with Crippen LogP contribution in [0.5, 0.6) is 0 Å². The molecule has 0 saturated heterocycles. The zero-order chi connectivity index (χ0) is 13.8. The fraction of sp³-hybridized carbons (Fsp3) is 0.571. The van der Waals surface area contributed by atoms with Gasteiger partial charge in [0.15, 0.2) is 0 Å². The van der Waals surface area contributed by atoms with Crippen molar-refractivity contribution in [3.8, 4) is 0 Å². The van der Waals surface area contributed by atoms with Crippen LogP contribution in [0.15, 0.2) is 18.3 Å². The summed E-state index contributed by atoms with van der Waals surface area (Å²) in [5.41, 5.74) is 1.67. The molecule has 4 nitrogen and oxygen atoms in total. The largest absolute Gasteiger partial charge is 0.358 e. The van der Waals surface area contributed by atoms with Crippen LogP contribution < -0.4 is 5.32 Å². The highest BCUT2D eigenvalue weighted by molar-refractivity contribution is 5.85. The maximum atomic E-state index is 11.8. The van der Waals surface area contributed by atoms with E-state index in [1.54, 1.807) is 7.05 Å². The molecule has 0 aliphatic rings. The van der Waals surface area contributed by atoms with E-state index in [-0.39, 0.29) is 5.91 Å². The molecule has 18 heavy (non-hydrogen) atoms. The summed E-state index contributed by atoms with van der Waals surface area (Å²) >= 11 is 0. The predicted molar refractivity (Wildman–Crippen MR) is 73.2 cm³/mol. The van der Waals surface area contributed by atoms with Gasteiger partial charge in [-0.05, 0) is 38.9 Å². The molecular weight excluding hydrogens is 226 g/mol. The van der Waals surface area contributed by atoms with E-state index in [1.807, 2.05) is 38.1 Å². The number of aryl methyl sites for hydroxylation is 1. The molecule has 0 aliphatic heterocycles. The van der Waals surface area contributed by atoms with Crippen molar-refractivity contribution in [3.63, 3.8) is 0 Å². The van der Waals surface area contributed by atoms with Crippen LogP contribution in [0.2, 0.25) is 0 Å². The van der Waals surface area contributed by atoms with E-state index in [4.69, 9.17) is 0 Å². The highest BCUT2D eigenvalue weighted by Gasteiger charge is 2.31. The maximum Gasteiger partial charge on any atom is 0.239 e. The Kier molecular flexibility index (Phi) is 4.84. The summed E-state index contributed by atoms with van der Waals surface area (Å²) in [7, 11) is 3.59. The Morgan fingerprint density at radius 3 is 2.56 bits per heavy atom. The Morgan fingerprint density at radius 1 is 1.44 bits per heavy atom. The van der Waals surface area contributed by atoms with Crippen LogP contribution >= 0.6 is 0 Å². The van der Waals surface area contributed by atoms with Crippen LogP contribution in [0.25, 0.3) is 0 Å². The first-order chi connectivity index (χ1) is 8.41. The molecule has 1 amide bonds. The van der Waals surface area contributed by atoms with Gasteiger partial charge < -0.3 is 5.32 Å². The van der Waals surface area contributed by atoms with E-state index in [0.29, 0.717) is 6.54 Å². The lowest BCUT2D eigenvalue weighted by Crippen LogP contribution is -2.52. The molecule has 0 unspecified atom stereocenters. The van der Waals surface area contributed by atoms with Crippen molar-refractivity contribution < 1.29 is 4.79 Å². The second kappa shape index (κ2) is 5.96. The standard InChI is InChI=1S/C14H23N3O/c1-6-11-7-8-12(16-9-11)10-17(5)14(2,3)13(18)15-4/h7-9H,6,10H2,1-5H3,(H,15,18). The third-order valence-electron chi connectivity index (χ3n) is 3.43. The van der Waals surface area contributed by atoms with Gasteiger partial charge in [0, 0.05) is 19.8 Å². The van der Waals surface area contributed by atoms with Crippen molar-refractivity contribution in [1.82, 2.24) is 15.2 Å². The number of hydrogen-bond donors (Lipinski definition) is 1. The Labute approximate surface area is 109 Å². The van der Waals surface area contributed by atoms with Gasteiger partial charge in [-0.15, -0.1) is 0 Å². The molecule has 1 aromatic heterocycles. The number of pyridine rings is 1. The molecule has 1 N–H and O–H groups in total. The lowest BCUT2D eigenvalue weighted by atomic mass is 10.0. The number of hydrogen-bond acceptors (Lipinski definition) is 3. The van der Waals surface area contributed by atoms with Gasteiger partial charge in [0.05, 0.1) is 11.2 Å². The Morgan fingerprint density at radius 2 is 2.11 bits per heavy atom. The van der Waals surface area contributed by atoms with E-state index < -0.39 is 5.54 Å². The Bertz CT molecular complexity index is 398.